The number of benzene rings is 1. The van der Waals surface area contributed by atoms with Gasteiger partial charge in [-0.3, -0.25) is 14.3 Å². The second-order valence-electron chi connectivity index (χ2n) is 4.28. The Kier molecular flexibility index (Phi) is 3.43. The number of aromatic nitrogens is 2. The van der Waals surface area contributed by atoms with Crippen LogP contribution in [0.15, 0.2) is 34.0 Å². The fourth-order valence-corrected chi connectivity index (χ4v) is 1.77. The molecule has 0 aliphatic rings. The number of hydrogen-bond donors (Lipinski definition) is 1. The number of halogens is 3. The number of H-pyrrole nitrogens is 1. The molecule has 2 aromatic rings. The van der Waals surface area contributed by atoms with Gasteiger partial charge in [0.1, 0.15) is 11.6 Å². The SMILES string of the molecule is Cc1ccc(C(F)(F)F)cc1-n1cc(C#N)c(=O)[nH]c1=O. The van der Waals surface area contributed by atoms with Gasteiger partial charge in [-0.05, 0) is 24.6 Å². The number of hydrogen-bond acceptors (Lipinski definition) is 3. The van der Waals surface area contributed by atoms with Gasteiger partial charge in [-0.1, -0.05) is 6.07 Å². The van der Waals surface area contributed by atoms with E-state index >= 15 is 0 Å². The van der Waals surface area contributed by atoms with E-state index in [0.717, 1.165) is 22.9 Å². The van der Waals surface area contributed by atoms with E-state index in [4.69, 9.17) is 5.26 Å². The third-order valence-electron chi connectivity index (χ3n) is 2.86. The standard InChI is InChI=1S/C13H8F3N3O2/c1-7-2-3-9(13(14,15)16)4-10(7)19-6-8(5-17)11(20)18-12(19)21/h2-4,6H,1H3,(H,18,20,21). The van der Waals surface area contributed by atoms with Crippen molar-refractivity contribution in [1.82, 2.24) is 9.55 Å². The zero-order valence-corrected chi connectivity index (χ0v) is 10.7. The van der Waals surface area contributed by atoms with Gasteiger partial charge in [0.05, 0.1) is 11.3 Å². The minimum Gasteiger partial charge on any atom is -0.273 e. The van der Waals surface area contributed by atoms with Gasteiger partial charge in [0.2, 0.25) is 0 Å². The first-order chi connectivity index (χ1) is 9.74. The summed E-state index contributed by atoms with van der Waals surface area (Å²) in [7, 11) is 0. The summed E-state index contributed by atoms with van der Waals surface area (Å²) in [5.41, 5.74) is -2.76. The summed E-state index contributed by atoms with van der Waals surface area (Å²) in [4.78, 5) is 24.9. The zero-order chi connectivity index (χ0) is 15.8. The maximum atomic E-state index is 12.7. The van der Waals surface area contributed by atoms with Crippen molar-refractivity contribution in [2.45, 2.75) is 13.1 Å². The van der Waals surface area contributed by atoms with Crippen LogP contribution in [-0.4, -0.2) is 9.55 Å². The van der Waals surface area contributed by atoms with Crippen molar-refractivity contribution in [3.8, 4) is 11.8 Å². The van der Waals surface area contributed by atoms with Crippen LogP contribution in [0.4, 0.5) is 13.2 Å². The molecule has 0 fully saturated rings. The second kappa shape index (κ2) is 4.94. The first kappa shape index (κ1) is 14.6. The van der Waals surface area contributed by atoms with Gasteiger partial charge in [0.25, 0.3) is 5.56 Å². The average molecular weight is 295 g/mol. The number of alkyl halides is 3. The van der Waals surface area contributed by atoms with E-state index in [-0.39, 0.29) is 11.3 Å². The van der Waals surface area contributed by atoms with E-state index < -0.39 is 23.0 Å². The van der Waals surface area contributed by atoms with Crippen LogP contribution in [0.3, 0.4) is 0 Å². The molecule has 8 heteroatoms. The fraction of sp³-hybridized carbons (Fsp3) is 0.154. The molecule has 0 aliphatic heterocycles. The van der Waals surface area contributed by atoms with Crippen molar-refractivity contribution in [2.75, 3.05) is 0 Å². The van der Waals surface area contributed by atoms with Crippen LogP contribution in [0.1, 0.15) is 16.7 Å². The van der Waals surface area contributed by atoms with Gasteiger partial charge in [-0.25, -0.2) is 4.79 Å². The number of aromatic amines is 1. The van der Waals surface area contributed by atoms with E-state index in [1.165, 1.54) is 13.0 Å². The zero-order valence-electron chi connectivity index (χ0n) is 10.7. The summed E-state index contributed by atoms with van der Waals surface area (Å²) in [5, 5.41) is 8.77. The van der Waals surface area contributed by atoms with Crippen LogP contribution >= 0.6 is 0 Å². The molecular weight excluding hydrogens is 287 g/mol. The summed E-state index contributed by atoms with van der Waals surface area (Å²) in [6, 6.07) is 4.46. The Bertz CT molecular complexity index is 857. The molecule has 0 atom stereocenters. The minimum absolute atomic E-state index is 0.0532. The summed E-state index contributed by atoms with van der Waals surface area (Å²) in [6.07, 6.45) is -3.64. The van der Waals surface area contributed by atoms with Crippen LogP contribution in [-0.2, 0) is 6.18 Å². The molecule has 1 N–H and O–H groups in total. The summed E-state index contributed by atoms with van der Waals surface area (Å²) in [5.74, 6) is 0. The molecule has 1 heterocycles. The number of nitrogens with one attached hydrogen (secondary N) is 1. The average Bonchev–Trinajstić information content (AvgIpc) is 2.39. The number of nitriles is 1. The Labute approximate surface area is 115 Å². The van der Waals surface area contributed by atoms with Crippen molar-refractivity contribution in [3.05, 3.63) is 61.9 Å². The molecule has 0 aliphatic carbocycles. The summed E-state index contributed by atoms with van der Waals surface area (Å²) < 4.78 is 39.0. The summed E-state index contributed by atoms with van der Waals surface area (Å²) >= 11 is 0. The predicted molar refractivity (Wildman–Crippen MR) is 67.1 cm³/mol. The Morgan fingerprint density at radius 1 is 1.29 bits per heavy atom. The van der Waals surface area contributed by atoms with Crippen molar-refractivity contribution in [3.63, 3.8) is 0 Å². The van der Waals surface area contributed by atoms with E-state index in [2.05, 4.69) is 0 Å². The monoisotopic (exact) mass is 295 g/mol. The van der Waals surface area contributed by atoms with Crippen LogP contribution in [0.25, 0.3) is 5.69 Å². The minimum atomic E-state index is -4.56. The molecule has 0 saturated carbocycles. The van der Waals surface area contributed by atoms with Gasteiger partial charge in [-0.2, -0.15) is 18.4 Å². The van der Waals surface area contributed by atoms with E-state index in [0.29, 0.717) is 5.56 Å². The van der Waals surface area contributed by atoms with Crippen molar-refractivity contribution in [2.24, 2.45) is 0 Å². The van der Waals surface area contributed by atoms with E-state index in [1.807, 2.05) is 4.98 Å². The third-order valence-corrected chi connectivity index (χ3v) is 2.86. The number of nitrogens with zero attached hydrogens (tertiary/aromatic N) is 2. The van der Waals surface area contributed by atoms with Crippen molar-refractivity contribution < 1.29 is 13.2 Å². The molecule has 0 unspecified atom stereocenters. The van der Waals surface area contributed by atoms with Crippen molar-refractivity contribution >= 4 is 0 Å². The highest BCUT2D eigenvalue weighted by Crippen LogP contribution is 2.31. The molecule has 0 bridgehead atoms. The maximum Gasteiger partial charge on any atom is 0.416 e. The van der Waals surface area contributed by atoms with E-state index in [9.17, 15) is 22.8 Å². The number of rotatable bonds is 1. The van der Waals surface area contributed by atoms with Gasteiger partial charge in [0.15, 0.2) is 0 Å². The molecule has 1 aromatic heterocycles. The smallest absolute Gasteiger partial charge is 0.273 e. The Balaban J connectivity index is 2.76. The third kappa shape index (κ3) is 2.72. The molecule has 0 radical (unpaired) electrons. The number of aryl methyl sites for hydroxylation is 1. The molecule has 1 aromatic carbocycles. The van der Waals surface area contributed by atoms with Gasteiger partial charge in [0, 0.05) is 6.20 Å². The largest absolute Gasteiger partial charge is 0.416 e. The topological polar surface area (TPSA) is 78.7 Å². The highest BCUT2D eigenvalue weighted by molar-refractivity contribution is 5.45. The Morgan fingerprint density at radius 2 is 1.95 bits per heavy atom. The molecular formula is C13H8F3N3O2. The fourth-order valence-electron chi connectivity index (χ4n) is 1.77. The predicted octanol–water partition coefficient (Wildman–Crippen LogP) is 1.72. The van der Waals surface area contributed by atoms with Gasteiger partial charge in [-0.15, -0.1) is 0 Å². The molecule has 0 amide bonds. The molecule has 0 spiro atoms. The lowest BCUT2D eigenvalue weighted by molar-refractivity contribution is -0.137. The van der Waals surface area contributed by atoms with Crippen LogP contribution < -0.4 is 11.2 Å². The lowest BCUT2D eigenvalue weighted by atomic mass is 10.1. The van der Waals surface area contributed by atoms with Crippen LogP contribution in [0.5, 0.6) is 0 Å². The van der Waals surface area contributed by atoms with Crippen LogP contribution in [0, 0.1) is 18.3 Å². The lowest BCUT2D eigenvalue weighted by Crippen LogP contribution is -2.30. The normalized spacial score (nSPS) is 11.2. The molecule has 0 saturated heterocycles. The van der Waals surface area contributed by atoms with Gasteiger partial charge < -0.3 is 0 Å². The highest BCUT2D eigenvalue weighted by Gasteiger charge is 2.31. The first-order valence-corrected chi connectivity index (χ1v) is 5.68. The van der Waals surface area contributed by atoms with Gasteiger partial charge >= 0.3 is 11.9 Å². The Morgan fingerprint density at radius 3 is 2.52 bits per heavy atom. The molecule has 108 valence electrons. The van der Waals surface area contributed by atoms with Crippen molar-refractivity contribution in [1.29, 1.82) is 5.26 Å². The second-order valence-corrected chi connectivity index (χ2v) is 4.28. The van der Waals surface area contributed by atoms with E-state index in [1.54, 1.807) is 6.07 Å². The highest BCUT2D eigenvalue weighted by atomic mass is 19.4. The van der Waals surface area contributed by atoms with Crippen LogP contribution in [0.2, 0.25) is 0 Å². The lowest BCUT2D eigenvalue weighted by Gasteiger charge is -2.13. The maximum absolute atomic E-state index is 12.7. The molecule has 5 nitrogen and oxygen atoms in total. The quantitative estimate of drug-likeness (QED) is 0.870. The first-order valence-electron chi connectivity index (χ1n) is 5.68. The Hall–Kier alpha value is -2.82. The molecule has 2 rings (SSSR count). The summed E-state index contributed by atoms with van der Waals surface area (Å²) in [6.45, 7) is 1.51. The molecule has 21 heavy (non-hydrogen) atoms.